The fourth-order valence-corrected chi connectivity index (χ4v) is 6.70. The summed E-state index contributed by atoms with van der Waals surface area (Å²) >= 11 is 0. The lowest BCUT2D eigenvalue weighted by Gasteiger charge is -2.42. The van der Waals surface area contributed by atoms with Gasteiger partial charge in [0, 0.05) is 24.0 Å². The van der Waals surface area contributed by atoms with Crippen LogP contribution in [0.4, 0.5) is 0 Å². The first kappa shape index (κ1) is 19.6. The van der Waals surface area contributed by atoms with Crippen LogP contribution in [0.15, 0.2) is 42.5 Å². The summed E-state index contributed by atoms with van der Waals surface area (Å²) in [5.41, 5.74) is 8.49. The average Bonchev–Trinajstić information content (AvgIpc) is 3.07. The van der Waals surface area contributed by atoms with Gasteiger partial charge in [-0.2, -0.15) is 0 Å². The van der Waals surface area contributed by atoms with Gasteiger partial charge in [0.15, 0.2) is 0 Å². The molecule has 1 saturated heterocycles. The van der Waals surface area contributed by atoms with E-state index in [0.29, 0.717) is 6.04 Å². The van der Waals surface area contributed by atoms with E-state index in [9.17, 15) is 0 Å². The molecule has 162 valence electrons. The molecule has 31 heavy (non-hydrogen) atoms. The second kappa shape index (κ2) is 7.21. The van der Waals surface area contributed by atoms with E-state index < -0.39 is 0 Å². The van der Waals surface area contributed by atoms with Gasteiger partial charge >= 0.3 is 0 Å². The first-order valence-electron chi connectivity index (χ1n) is 12.2. The Kier molecular flexibility index (Phi) is 4.56. The van der Waals surface area contributed by atoms with E-state index >= 15 is 0 Å². The van der Waals surface area contributed by atoms with E-state index in [-0.39, 0.29) is 11.7 Å². The molecule has 3 nitrogen and oxygen atoms in total. The van der Waals surface area contributed by atoms with E-state index in [1.807, 2.05) is 0 Å². The maximum absolute atomic E-state index is 6.85. The van der Waals surface area contributed by atoms with Crippen molar-refractivity contribution in [3.05, 3.63) is 70.4 Å². The molecule has 3 aliphatic rings. The van der Waals surface area contributed by atoms with Gasteiger partial charge < -0.3 is 9.30 Å². The van der Waals surface area contributed by atoms with Crippen LogP contribution in [0.3, 0.4) is 0 Å². The first-order chi connectivity index (χ1) is 15.0. The van der Waals surface area contributed by atoms with E-state index in [0.717, 1.165) is 13.0 Å². The van der Waals surface area contributed by atoms with E-state index in [4.69, 9.17) is 4.74 Å². The van der Waals surface area contributed by atoms with Gasteiger partial charge in [0.05, 0.1) is 24.2 Å². The minimum Gasteiger partial charge on any atom is -0.365 e. The van der Waals surface area contributed by atoms with E-state index in [1.54, 1.807) is 11.3 Å². The van der Waals surface area contributed by atoms with Crippen LogP contribution in [0.25, 0.3) is 10.9 Å². The molecule has 4 heterocycles. The van der Waals surface area contributed by atoms with Gasteiger partial charge in [0.1, 0.15) is 5.60 Å². The molecule has 1 fully saturated rings. The van der Waals surface area contributed by atoms with Gasteiger partial charge in [0.25, 0.3) is 0 Å². The zero-order chi connectivity index (χ0) is 21.2. The molecule has 3 atom stereocenters. The third-order valence-corrected chi connectivity index (χ3v) is 7.92. The van der Waals surface area contributed by atoms with Gasteiger partial charge in [-0.3, -0.25) is 4.90 Å². The zero-order valence-electron chi connectivity index (χ0n) is 19.2. The number of rotatable bonds is 1. The zero-order valence-corrected chi connectivity index (χ0v) is 19.2. The van der Waals surface area contributed by atoms with Crippen LogP contribution < -0.4 is 0 Å². The fraction of sp³-hybridized carbons (Fsp3) is 0.500. The molecule has 0 radical (unpaired) electrons. The average molecular weight is 415 g/mol. The summed E-state index contributed by atoms with van der Waals surface area (Å²) in [5.74, 6) is 0. The molecule has 3 aliphatic heterocycles. The lowest BCUT2D eigenvalue weighted by atomic mass is 9.90. The number of aryl methyl sites for hydroxylation is 1. The third kappa shape index (κ3) is 3.08. The molecule has 1 aromatic heterocycles. The Bertz CT molecular complexity index is 1130. The van der Waals surface area contributed by atoms with Gasteiger partial charge in [-0.1, -0.05) is 48.4 Å². The quantitative estimate of drug-likeness (QED) is 0.492. The highest BCUT2D eigenvalue weighted by molar-refractivity contribution is 5.90. The van der Waals surface area contributed by atoms with Crippen molar-refractivity contribution in [3.8, 4) is 0 Å². The summed E-state index contributed by atoms with van der Waals surface area (Å²) in [6.07, 6.45) is 6.31. The summed E-state index contributed by atoms with van der Waals surface area (Å²) in [6.45, 7) is 10.2. The summed E-state index contributed by atoms with van der Waals surface area (Å²) in [7, 11) is 0. The van der Waals surface area contributed by atoms with Crippen molar-refractivity contribution in [2.75, 3.05) is 13.1 Å². The van der Waals surface area contributed by atoms with Crippen molar-refractivity contribution in [3.63, 3.8) is 0 Å². The molecule has 0 bridgehead atoms. The van der Waals surface area contributed by atoms with Crippen molar-refractivity contribution in [2.45, 2.75) is 77.2 Å². The van der Waals surface area contributed by atoms with Crippen molar-refractivity contribution >= 4 is 10.9 Å². The Morgan fingerprint density at radius 2 is 1.90 bits per heavy atom. The Morgan fingerprint density at radius 3 is 2.74 bits per heavy atom. The number of nitrogens with zero attached hydrogens (tertiary/aromatic N) is 2. The molecule has 2 aromatic carbocycles. The fourth-order valence-electron chi connectivity index (χ4n) is 6.70. The van der Waals surface area contributed by atoms with Crippen LogP contribution in [0.2, 0.25) is 0 Å². The number of hydrogen-bond donors (Lipinski definition) is 0. The van der Waals surface area contributed by atoms with Gasteiger partial charge in [0.2, 0.25) is 0 Å². The van der Waals surface area contributed by atoms with Crippen LogP contribution >= 0.6 is 0 Å². The molecule has 0 saturated carbocycles. The van der Waals surface area contributed by atoms with Crippen molar-refractivity contribution in [2.24, 2.45) is 0 Å². The van der Waals surface area contributed by atoms with E-state index in [2.05, 4.69) is 72.7 Å². The number of fused-ring (bicyclic) bond motifs is 5. The standard InChI is InChI=1S/C28H34N2O/c1-19-15-21-17-20(2)31-28(3,22-9-5-4-6-10-22)18-30-26(21)24(16-19)23-12-14-29-13-8-7-11-25(29)27(23)30/h4-6,9-10,15-16,20,25H,7-8,11-14,17-18H2,1-3H3. The molecule has 6 rings (SSSR count). The Hall–Kier alpha value is -2.10. The number of ether oxygens (including phenoxy) is 1. The molecular weight excluding hydrogens is 380 g/mol. The van der Waals surface area contributed by atoms with Crippen LogP contribution in [0, 0.1) is 6.92 Å². The van der Waals surface area contributed by atoms with Crippen LogP contribution in [0.5, 0.6) is 0 Å². The monoisotopic (exact) mass is 414 g/mol. The first-order valence-corrected chi connectivity index (χ1v) is 12.2. The van der Waals surface area contributed by atoms with Gasteiger partial charge in [-0.25, -0.2) is 0 Å². The molecule has 0 amide bonds. The number of hydrogen-bond acceptors (Lipinski definition) is 2. The lowest BCUT2D eigenvalue weighted by molar-refractivity contribution is -0.0922. The molecule has 0 N–H and O–H groups in total. The third-order valence-electron chi connectivity index (χ3n) is 7.92. The van der Waals surface area contributed by atoms with Crippen molar-refractivity contribution < 1.29 is 4.74 Å². The topological polar surface area (TPSA) is 17.4 Å². The molecule has 3 heteroatoms. The van der Waals surface area contributed by atoms with Crippen LogP contribution in [0.1, 0.15) is 67.1 Å². The number of aromatic nitrogens is 1. The van der Waals surface area contributed by atoms with Crippen LogP contribution in [-0.4, -0.2) is 28.7 Å². The smallest absolute Gasteiger partial charge is 0.108 e. The SMILES string of the molecule is Cc1cc2c3c(c1)c1c(n3CC(C)(c3ccccc3)OC(C)C2)C2CCCCN2CC1. The summed E-state index contributed by atoms with van der Waals surface area (Å²) in [5, 5.41) is 1.51. The van der Waals surface area contributed by atoms with Gasteiger partial charge in [-0.05, 0) is 69.3 Å². The minimum absolute atomic E-state index is 0.182. The highest BCUT2D eigenvalue weighted by atomic mass is 16.5. The Morgan fingerprint density at radius 1 is 1.06 bits per heavy atom. The Labute approximate surface area is 186 Å². The normalized spacial score (nSPS) is 28.6. The van der Waals surface area contributed by atoms with Gasteiger partial charge in [-0.15, -0.1) is 0 Å². The summed E-state index contributed by atoms with van der Waals surface area (Å²) in [4.78, 5) is 2.75. The largest absolute Gasteiger partial charge is 0.365 e. The highest BCUT2D eigenvalue weighted by Gasteiger charge is 2.39. The Balaban J connectivity index is 1.62. The summed E-state index contributed by atoms with van der Waals surface area (Å²) in [6, 6.07) is 16.3. The predicted octanol–water partition coefficient (Wildman–Crippen LogP) is 5.91. The number of benzene rings is 2. The number of piperidine rings is 1. The maximum atomic E-state index is 6.85. The van der Waals surface area contributed by atoms with Crippen molar-refractivity contribution in [1.29, 1.82) is 0 Å². The maximum Gasteiger partial charge on any atom is 0.108 e. The van der Waals surface area contributed by atoms with Crippen LogP contribution in [-0.2, 0) is 29.7 Å². The second-order valence-electron chi connectivity index (χ2n) is 10.3. The predicted molar refractivity (Wildman–Crippen MR) is 127 cm³/mol. The molecule has 3 unspecified atom stereocenters. The van der Waals surface area contributed by atoms with Crippen molar-refractivity contribution in [1.82, 2.24) is 9.47 Å². The molecule has 0 aliphatic carbocycles. The lowest BCUT2D eigenvalue weighted by Crippen LogP contribution is -2.42. The second-order valence-corrected chi connectivity index (χ2v) is 10.3. The molecular formula is C28H34N2O. The minimum atomic E-state index is -0.333. The molecule has 3 aromatic rings. The molecule has 0 spiro atoms. The highest BCUT2D eigenvalue weighted by Crippen LogP contribution is 2.45. The van der Waals surface area contributed by atoms with E-state index in [1.165, 1.54) is 66.4 Å². The summed E-state index contributed by atoms with van der Waals surface area (Å²) < 4.78 is 9.55.